The van der Waals surface area contributed by atoms with Crippen LogP contribution in [0.1, 0.15) is 62.6 Å². The first-order valence-corrected chi connectivity index (χ1v) is 11.5. The number of fused-ring (bicyclic) bond motifs is 2. The Morgan fingerprint density at radius 3 is 2.90 bits per heavy atom. The molecule has 0 spiro atoms. The molecule has 4 heteroatoms. The Hall–Kier alpha value is -2.23. The van der Waals surface area contributed by atoms with E-state index in [2.05, 4.69) is 30.1 Å². The second-order valence-corrected chi connectivity index (χ2v) is 9.52. The van der Waals surface area contributed by atoms with Crippen molar-refractivity contribution in [3.8, 4) is 0 Å². The molecule has 30 heavy (non-hydrogen) atoms. The Labute approximate surface area is 178 Å². The normalized spacial score (nSPS) is 38.1. The van der Waals surface area contributed by atoms with Gasteiger partial charge in [0.1, 0.15) is 11.9 Å². The largest absolute Gasteiger partial charge is 0.462 e. The molecule has 5 rings (SSSR count). The quantitative estimate of drug-likeness (QED) is 0.577. The SMILES string of the molecule is CC1OC(=O)[C@H]2CC3CCCCC3[C@@H](/C=C/c3ccc(C4C=C(F)C=CC4)cn3)C12. The first-order chi connectivity index (χ1) is 14.6. The maximum Gasteiger partial charge on any atom is 0.309 e. The van der Waals surface area contributed by atoms with Gasteiger partial charge in [0.15, 0.2) is 0 Å². The van der Waals surface area contributed by atoms with Crippen LogP contribution in [0.5, 0.6) is 0 Å². The lowest BCUT2D eigenvalue weighted by molar-refractivity contribution is -0.144. The number of hydrogen-bond acceptors (Lipinski definition) is 3. The van der Waals surface area contributed by atoms with Gasteiger partial charge in [0.2, 0.25) is 0 Å². The molecular formula is C26H30FNO2. The van der Waals surface area contributed by atoms with E-state index < -0.39 is 0 Å². The van der Waals surface area contributed by atoms with Crippen LogP contribution in [-0.2, 0) is 9.53 Å². The molecule has 0 N–H and O–H groups in total. The fourth-order valence-electron chi connectivity index (χ4n) is 6.41. The smallest absolute Gasteiger partial charge is 0.309 e. The van der Waals surface area contributed by atoms with Crippen molar-refractivity contribution in [1.29, 1.82) is 0 Å². The van der Waals surface area contributed by atoms with Crippen molar-refractivity contribution >= 4 is 12.0 Å². The Morgan fingerprint density at radius 2 is 2.10 bits per heavy atom. The third kappa shape index (κ3) is 3.66. The maximum atomic E-state index is 13.5. The van der Waals surface area contributed by atoms with E-state index in [-0.39, 0.29) is 35.7 Å². The van der Waals surface area contributed by atoms with Gasteiger partial charge in [-0.25, -0.2) is 4.39 Å². The van der Waals surface area contributed by atoms with Gasteiger partial charge >= 0.3 is 5.97 Å². The van der Waals surface area contributed by atoms with E-state index in [1.165, 1.54) is 31.8 Å². The van der Waals surface area contributed by atoms with Crippen LogP contribution in [0.25, 0.3) is 6.08 Å². The molecule has 0 aromatic carbocycles. The fraction of sp³-hybridized carbons (Fsp3) is 0.538. The number of hydrogen-bond donors (Lipinski definition) is 0. The van der Waals surface area contributed by atoms with Gasteiger partial charge in [-0.3, -0.25) is 9.78 Å². The van der Waals surface area contributed by atoms with Gasteiger partial charge in [-0.1, -0.05) is 37.5 Å². The van der Waals surface area contributed by atoms with E-state index in [4.69, 9.17) is 4.74 Å². The molecule has 5 unspecified atom stereocenters. The molecule has 3 aliphatic carbocycles. The monoisotopic (exact) mass is 407 g/mol. The van der Waals surface area contributed by atoms with Crippen LogP contribution in [0.3, 0.4) is 0 Å². The van der Waals surface area contributed by atoms with Crippen molar-refractivity contribution < 1.29 is 13.9 Å². The summed E-state index contributed by atoms with van der Waals surface area (Å²) < 4.78 is 19.2. The van der Waals surface area contributed by atoms with Crippen LogP contribution in [0.2, 0.25) is 0 Å². The number of aromatic nitrogens is 1. The van der Waals surface area contributed by atoms with Crippen LogP contribution >= 0.6 is 0 Å². The van der Waals surface area contributed by atoms with Gasteiger partial charge in [0, 0.05) is 18.0 Å². The first-order valence-electron chi connectivity index (χ1n) is 11.5. The number of esters is 1. The van der Waals surface area contributed by atoms with Crippen molar-refractivity contribution in [3.05, 3.63) is 59.7 Å². The summed E-state index contributed by atoms with van der Waals surface area (Å²) in [5.41, 5.74) is 1.96. The molecule has 4 aliphatic rings. The van der Waals surface area contributed by atoms with Gasteiger partial charge in [-0.15, -0.1) is 0 Å². The molecule has 1 aromatic heterocycles. The number of rotatable bonds is 3. The fourth-order valence-corrected chi connectivity index (χ4v) is 6.41. The summed E-state index contributed by atoms with van der Waals surface area (Å²) in [6.07, 6.45) is 18.2. The minimum atomic E-state index is -0.174. The number of carbonyl (C=O) groups excluding carboxylic acids is 1. The Bertz CT molecular complexity index is 887. The van der Waals surface area contributed by atoms with Gasteiger partial charge in [-0.2, -0.15) is 0 Å². The van der Waals surface area contributed by atoms with Gasteiger partial charge < -0.3 is 4.74 Å². The van der Waals surface area contributed by atoms with E-state index in [0.29, 0.717) is 17.8 Å². The highest BCUT2D eigenvalue weighted by Crippen LogP contribution is 2.53. The average molecular weight is 408 g/mol. The predicted molar refractivity (Wildman–Crippen MR) is 115 cm³/mol. The molecule has 0 amide bonds. The molecule has 0 radical (unpaired) electrons. The summed E-state index contributed by atoms with van der Waals surface area (Å²) in [5, 5.41) is 0. The zero-order valence-corrected chi connectivity index (χ0v) is 17.5. The van der Waals surface area contributed by atoms with Gasteiger partial charge in [0.05, 0.1) is 11.6 Å². The average Bonchev–Trinajstić information content (AvgIpc) is 3.05. The zero-order valence-electron chi connectivity index (χ0n) is 17.5. The Kier molecular flexibility index (Phi) is 5.34. The summed E-state index contributed by atoms with van der Waals surface area (Å²) in [6, 6.07) is 4.08. The zero-order chi connectivity index (χ0) is 20.7. The molecule has 2 saturated carbocycles. The molecule has 1 saturated heterocycles. The number of cyclic esters (lactones) is 1. The second-order valence-electron chi connectivity index (χ2n) is 9.52. The molecule has 158 valence electrons. The van der Waals surface area contributed by atoms with Crippen LogP contribution in [0.15, 0.2) is 48.5 Å². The van der Waals surface area contributed by atoms with Crippen LogP contribution in [-0.4, -0.2) is 17.1 Å². The highest BCUT2D eigenvalue weighted by atomic mass is 19.1. The van der Waals surface area contributed by atoms with Crippen molar-refractivity contribution in [3.63, 3.8) is 0 Å². The number of halogens is 1. The predicted octanol–water partition coefficient (Wildman–Crippen LogP) is 6.00. The molecule has 3 nitrogen and oxygen atoms in total. The van der Waals surface area contributed by atoms with E-state index >= 15 is 0 Å². The van der Waals surface area contributed by atoms with E-state index in [0.717, 1.165) is 24.1 Å². The summed E-state index contributed by atoms with van der Waals surface area (Å²) in [7, 11) is 0. The minimum absolute atomic E-state index is 0.00333. The van der Waals surface area contributed by atoms with E-state index in [9.17, 15) is 9.18 Å². The third-order valence-corrected chi connectivity index (χ3v) is 7.83. The lowest BCUT2D eigenvalue weighted by Gasteiger charge is -2.45. The van der Waals surface area contributed by atoms with Crippen LogP contribution in [0.4, 0.5) is 4.39 Å². The van der Waals surface area contributed by atoms with Gasteiger partial charge in [-0.05, 0) is 73.8 Å². The summed E-state index contributed by atoms with van der Waals surface area (Å²) >= 11 is 0. The number of carbonyl (C=O) groups is 1. The minimum Gasteiger partial charge on any atom is -0.462 e. The summed E-state index contributed by atoms with van der Waals surface area (Å²) in [5.74, 6) is 1.91. The van der Waals surface area contributed by atoms with E-state index in [1.807, 2.05) is 18.3 Å². The molecule has 0 bridgehead atoms. The molecule has 3 fully saturated rings. The molecule has 2 heterocycles. The van der Waals surface area contributed by atoms with Crippen molar-refractivity contribution in [2.45, 2.75) is 57.5 Å². The van der Waals surface area contributed by atoms with Gasteiger partial charge in [0.25, 0.3) is 0 Å². The topological polar surface area (TPSA) is 39.2 Å². The van der Waals surface area contributed by atoms with Crippen molar-refractivity contribution in [2.24, 2.45) is 29.6 Å². The van der Waals surface area contributed by atoms with Crippen LogP contribution < -0.4 is 0 Å². The number of allylic oxidation sites excluding steroid dienone is 5. The summed E-state index contributed by atoms with van der Waals surface area (Å²) in [6.45, 7) is 2.06. The van der Waals surface area contributed by atoms with E-state index in [1.54, 1.807) is 6.08 Å². The molecule has 7 atom stereocenters. The molecule has 1 aromatic rings. The van der Waals surface area contributed by atoms with Crippen molar-refractivity contribution in [1.82, 2.24) is 4.98 Å². The standard InChI is InChI=1S/C26H30FNO2/c1-16-25-23(22-8-3-2-5-18(22)14-24(25)26(29)30-16)12-11-21-10-9-19(15-28-21)17-6-4-7-20(27)13-17/h4,7,9-13,15-18,22-25H,2-3,5-6,8,14H2,1H3/b12-11+/t16?,17?,18?,22?,23-,24+,25?/m1/s1. The maximum absolute atomic E-state index is 13.5. The van der Waals surface area contributed by atoms with Crippen LogP contribution in [0, 0.1) is 29.6 Å². The Balaban J connectivity index is 1.36. The molecular weight excluding hydrogens is 377 g/mol. The Morgan fingerprint density at radius 1 is 1.23 bits per heavy atom. The summed E-state index contributed by atoms with van der Waals surface area (Å²) in [4.78, 5) is 17.1. The highest BCUT2D eigenvalue weighted by molar-refractivity contribution is 5.75. The number of pyridine rings is 1. The lowest BCUT2D eigenvalue weighted by atomic mass is 9.57. The third-order valence-electron chi connectivity index (χ3n) is 7.83. The second kappa shape index (κ2) is 8.13. The first kappa shape index (κ1) is 19.7. The molecule has 1 aliphatic heterocycles. The highest BCUT2D eigenvalue weighted by Gasteiger charge is 2.53. The lowest BCUT2D eigenvalue weighted by Crippen LogP contribution is -2.42. The number of nitrogens with zero attached hydrogens (tertiary/aromatic N) is 1. The number of ether oxygens (including phenoxy) is 1. The van der Waals surface area contributed by atoms with Crippen molar-refractivity contribution in [2.75, 3.05) is 0 Å².